The van der Waals surface area contributed by atoms with Crippen LogP contribution in [-0.2, 0) is 4.79 Å². The molecule has 1 N–H and O–H groups in total. The lowest BCUT2D eigenvalue weighted by atomic mass is 10.2. The van der Waals surface area contributed by atoms with Crippen LogP contribution in [0.2, 0.25) is 0 Å². The molecule has 1 amide bonds. The lowest BCUT2D eigenvalue weighted by Crippen LogP contribution is -2.45. The maximum Gasteiger partial charge on any atom is 0.261 e. The van der Waals surface area contributed by atoms with Crippen molar-refractivity contribution in [3.05, 3.63) is 30.1 Å². The van der Waals surface area contributed by atoms with Crippen LogP contribution in [-0.4, -0.2) is 68.1 Å². The van der Waals surface area contributed by atoms with Gasteiger partial charge < -0.3 is 19.9 Å². The van der Waals surface area contributed by atoms with Crippen LogP contribution in [0.25, 0.3) is 0 Å². The molecule has 5 nitrogen and oxygen atoms in total. The molecular weight excluding hydrogens is 309 g/mol. The van der Waals surface area contributed by atoms with Crippen molar-refractivity contribution in [2.45, 2.75) is 25.9 Å². The lowest BCUT2D eigenvalue weighted by molar-refractivity contribution is -0.128. The molecule has 1 saturated heterocycles. The van der Waals surface area contributed by atoms with E-state index >= 15 is 0 Å². The first kappa shape index (κ1) is 18.7. The smallest absolute Gasteiger partial charge is 0.261 e. The number of nitrogens with one attached hydrogen (secondary N) is 1. The van der Waals surface area contributed by atoms with Crippen LogP contribution in [0.15, 0.2) is 24.3 Å². The van der Waals surface area contributed by atoms with E-state index in [2.05, 4.69) is 22.2 Å². The van der Waals surface area contributed by atoms with Crippen LogP contribution in [0.4, 0.5) is 4.39 Å². The summed E-state index contributed by atoms with van der Waals surface area (Å²) in [5, 5.41) is 2.94. The van der Waals surface area contributed by atoms with E-state index in [4.69, 9.17) is 4.74 Å². The summed E-state index contributed by atoms with van der Waals surface area (Å²) >= 11 is 0. The molecule has 1 atom stereocenters. The minimum absolute atomic E-state index is 0.111. The van der Waals surface area contributed by atoms with Crippen LogP contribution >= 0.6 is 0 Å². The van der Waals surface area contributed by atoms with Crippen LogP contribution in [0.5, 0.6) is 5.75 Å². The monoisotopic (exact) mass is 337 g/mol. The molecule has 0 aliphatic carbocycles. The zero-order chi connectivity index (χ0) is 17.4. The standard InChI is InChI=1S/C18H28FN3O2/c1-3-17(24-16-7-5-15(19)6-8-16)18(23)20-9-4-10-22-13-11-21(2)12-14-22/h5-8,17H,3-4,9-14H2,1-2H3,(H,20,23). The fraction of sp³-hybridized carbons (Fsp3) is 0.611. The summed E-state index contributed by atoms with van der Waals surface area (Å²) in [7, 11) is 2.14. The van der Waals surface area contributed by atoms with Gasteiger partial charge in [0.1, 0.15) is 11.6 Å². The molecule has 1 aliphatic rings. The molecule has 1 heterocycles. The Hall–Kier alpha value is -1.66. The van der Waals surface area contributed by atoms with Gasteiger partial charge in [-0.2, -0.15) is 0 Å². The quantitative estimate of drug-likeness (QED) is 0.734. The third-order valence-electron chi connectivity index (χ3n) is 4.30. The first-order chi connectivity index (χ1) is 11.6. The van der Waals surface area contributed by atoms with Crippen molar-refractivity contribution in [1.29, 1.82) is 0 Å². The van der Waals surface area contributed by atoms with Gasteiger partial charge in [0.2, 0.25) is 0 Å². The summed E-state index contributed by atoms with van der Waals surface area (Å²) < 4.78 is 18.5. The average Bonchev–Trinajstić information content (AvgIpc) is 2.59. The fourth-order valence-corrected chi connectivity index (χ4v) is 2.70. The van der Waals surface area contributed by atoms with Gasteiger partial charge in [0.15, 0.2) is 6.10 Å². The van der Waals surface area contributed by atoms with Crippen molar-refractivity contribution >= 4 is 5.91 Å². The fourth-order valence-electron chi connectivity index (χ4n) is 2.70. The molecule has 2 rings (SSSR count). The first-order valence-electron chi connectivity index (χ1n) is 8.69. The highest BCUT2D eigenvalue weighted by molar-refractivity contribution is 5.81. The van der Waals surface area contributed by atoms with Crippen molar-refractivity contribution in [3.63, 3.8) is 0 Å². The Morgan fingerprint density at radius 1 is 1.25 bits per heavy atom. The molecule has 1 aliphatic heterocycles. The van der Waals surface area contributed by atoms with E-state index < -0.39 is 6.10 Å². The summed E-state index contributed by atoms with van der Waals surface area (Å²) in [5.41, 5.74) is 0. The van der Waals surface area contributed by atoms with Crippen molar-refractivity contribution in [2.75, 3.05) is 46.3 Å². The Morgan fingerprint density at radius 2 is 1.92 bits per heavy atom. The van der Waals surface area contributed by atoms with E-state index in [-0.39, 0.29) is 11.7 Å². The number of ether oxygens (including phenoxy) is 1. The van der Waals surface area contributed by atoms with Gasteiger partial charge in [-0.3, -0.25) is 4.79 Å². The van der Waals surface area contributed by atoms with Gasteiger partial charge >= 0.3 is 0 Å². The normalized spacial score (nSPS) is 17.5. The molecule has 0 aromatic heterocycles. The lowest BCUT2D eigenvalue weighted by Gasteiger charge is -2.32. The number of hydrogen-bond donors (Lipinski definition) is 1. The summed E-state index contributed by atoms with van der Waals surface area (Å²) in [4.78, 5) is 17.0. The number of carbonyl (C=O) groups is 1. The Balaban J connectivity index is 1.67. The van der Waals surface area contributed by atoms with Crippen molar-refractivity contribution < 1.29 is 13.9 Å². The van der Waals surface area contributed by atoms with Crippen LogP contribution in [0.1, 0.15) is 19.8 Å². The van der Waals surface area contributed by atoms with E-state index in [1.807, 2.05) is 6.92 Å². The molecule has 1 unspecified atom stereocenters. The molecule has 6 heteroatoms. The highest BCUT2D eigenvalue weighted by atomic mass is 19.1. The molecular formula is C18H28FN3O2. The maximum absolute atomic E-state index is 12.9. The zero-order valence-electron chi connectivity index (χ0n) is 14.6. The molecule has 134 valence electrons. The van der Waals surface area contributed by atoms with Gasteiger partial charge in [-0.1, -0.05) is 6.92 Å². The largest absolute Gasteiger partial charge is 0.481 e. The Morgan fingerprint density at radius 3 is 2.54 bits per heavy atom. The van der Waals surface area contributed by atoms with Crippen molar-refractivity contribution in [2.24, 2.45) is 0 Å². The second-order valence-electron chi connectivity index (χ2n) is 6.26. The number of rotatable bonds is 8. The summed E-state index contributed by atoms with van der Waals surface area (Å²) in [6, 6.07) is 5.74. The Labute approximate surface area is 143 Å². The number of benzene rings is 1. The van der Waals surface area contributed by atoms with E-state index in [0.717, 1.165) is 39.1 Å². The molecule has 0 spiro atoms. The second kappa shape index (κ2) is 9.59. The molecule has 0 saturated carbocycles. The third kappa shape index (κ3) is 6.09. The number of nitrogens with zero attached hydrogens (tertiary/aromatic N) is 2. The second-order valence-corrected chi connectivity index (χ2v) is 6.26. The predicted octanol–water partition coefficient (Wildman–Crippen LogP) is 1.74. The molecule has 1 aromatic rings. The molecule has 1 aromatic carbocycles. The van der Waals surface area contributed by atoms with Crippen LogP contribution in [0, 0.1) is 5.82 Å². The van der Waals surface area contributed by atoms with Crippen molar-refractivity contribution in [1.82, 2.24) is 15.1 Å². The first-order valence-corrected chi connectivity index (χ1v) is 8.69. The van der Waals surface area contributed by atoms with Crippen LogP contribution in [0.3, 0.4) is 0 Å². The number of carbonyl (C=O) groups excluding carboxylic acids is 1. The highest BCUT2D eigenvalue weighted by Crippen LogP contribution is 2.14. The molecule has 1 fully saturated rings. The third-order valence-corrected chi connectivity index (χ3v) is 4.30. The van der Waals surface area contributed by atoms with Gasteiger partial charge in [0, 0.05) is 32.7 Å². The predicted molar refractivity (Wildman–Crippen MR) is 92.7 cm³/mol. The molecule has 24 heavy (non-hydrogen) atoms. The van der Waals surface area contributed by atoms with E-state index in [9.17, 15) is 9.18 Å². The molecule has 0 radical (unpaired) electrons. The van der Waals surface area contributed by atoms with Crippen molar-refractivity contribution in [3.8, 4) is 5.75 Å². The van der Waals surface area contributed by atoms with E-state index in [0.29, 0.717) is 18.7 Å². The number of amides is 1. The molecule has 0 bridgehead atoms. The minimum Gasteiger partial charge on any atom is -0.481 e. The number of likely N-dealkylation sites (N-methyl/N-ethyl adjacent to an activating group) is 1. The van der Waals surface area contributed by atoms with Crippen LogP contribution < -0.4 is 10.1 Å². The summed E-state index contributed by atoms with van der Waals surface area (Å²) in [6.07, 6.45) is 0.962. The van der Waals surface area contributed by atoms with Gasteiger partial charge in [-0.25, -0.2) is 4.39 Å². The van der Waals surface area contributed by atoms with Gasteiger partial charge in [-0.05, 0) is 50.7 Å². The number of hydrogen-bond acceptors (Lipinski definition) is 4. The van der Waals surface area contributed by atoms with Gasteiger partial charge in [0.25, 0.3) is 5.91 Å². The summed E-state index contributed by atoms with van der Waals surface area (Å²) in [5.74, 6) is 0.0831. The van der Waals surface area contributed by atoms with E-state index in [1.165, 1.54) is 12.1 Å². The number of piperazine rings is 1. The minimum atomic E-state index is -0.543. The maximum atomic E-state index is 12.9. The van der Waals surface area contributed by atoms with E-state index in [1.54, 1.807) is 12.1 Å². The highest BCUT2D eigenvalue weighted by Gasteiger charge is 2.18. The SMILES string of the molecule is CCC(Oc1ccc(F)cc1)C(=O)NCCCN1CCN(C)CC1. The zero-order valence-corrected chi connectivity index (χ0v) is 14.6. The topological polar surface area (TPSA) is 44.8 Å². The summed E-state index contributed by atoms with van der Waals surface area (Å²) in [6.45, 7) is 7.95. The number of halogens is 1. The van der Waals surface area contributed by atoms with Gasteiger partial charge in [-0.15, -0.1) is 0 Å². The Kier molecular flexibility index (Phi) is 7.46. The Bertz CT molecular complexity index is 501. The van der Waals surface area contributed by atoms with Gasteiger partial charge in [0.05, 0.1) is 0 Å². The average molecular weight is 337 g/mol.